The lowest BCUT2D eigenvalue weighted by atomic mass is 10.1. The highest BCUT2D eigenvalue weighted by Crippen LogP contribution is 2.32. The Morgan fingerprint density at radius 1 is 1.23 bits per heavy atom. The van der Waals surface area contributed by atoms with Crippen LogP contribution in [0.5, 0.6) is 0 Å². The molecule has 2 aliphatic heterocycles. The molecule has 4 nitrogen and oxygen atoms in total. The molecule has 1 amide bonds. The third-order valence-corrected chi connectivity index (χ3v) is 6.34. The van der Waals surface area contributed by atoms with Gasteiger partial charge in [0.25, 0.3) is 0 Å². The summed E-state index contributed by atoms with van der Waals surface area (Å²) in [5.74, 6) is 3.69. The predicted molar refractivity (Wildman–Crippen MR) is 93.8 cm³/mol. The summed E-state index contributed by atoms with van der Waals surface area (Å²) < 4.78 is 1.27. The Labute approximate surface area is 138 Å². The number of hydrogen-bond donors (Lipinski definition) is 0. The van der Waals surface area contributed by atoms with Gasteiger partial charge in [-0.25, -0.2) is 4.98 Å². The maximum absolute atomic E-state index is 12.7. The zero-order valence-electron chi connectivity index (χ0n) is 12.4. The summed E-state index contributed by atoms with van der Waals surface area (Å²) in [6.45, 7) is 3.57. The van der Waals surface area contributed by atoms with Gasteiger partial charge in [0, 0.05) is 54.0 Å². The van der Waals surface area contributed by atoms with Crippen LogP contribution in [0.4, 0.5) is 5.82 Å². The molecule has 2 fully saturated rings. The normalized spacial score (nSPS) is 22.5. The van der Waals surface area contributed by atoms with Crippen molar-refractivity contribution < 1.29 is 4.79 Å². The molecule has 22 heavy (non-hydrogen) atoms. The van der Waals surface area contributed by atoms with Gasteiger partial charge < -0.3 is 9.80 Å². The van der Waals surface area contributed by atoms with E-state index in [0.717, 1.165) is 49.9 Å². The first kappa shape index (κ1) is 14.3. The third kappa shape index (κ3) is 2.58. The number of rotatable bonds is 2. The van der Waals surface area contributed by atoms with Crippen LogP contribution < -0.4 is 4.90 Å². The van der Waals surface area contributed by atoms with E-state index >= 15 is 0 Å². The van der Waals surface area contributed by atoms with Crippen molar-refractivity contribution >= 4 is 44.9 Å². The minimum absolute atomic E-state index is 0.138. The number of hydrogen-bond acceptors (Lipinski definition) is 5. The van der Waals surface area contributed by atoms with Crippen molar-refractivity contribution in [3.05, 3.63) is 23.7 Å². The standard InChI is InChI=1S/C16H19N3OS2/c20-16(18-6-9-21-10-7-18)12-2-5-19(11-12)15-13-3-8-22-14(13)1-4-17-15/h1,3-4,8,12H,2,5-7,9-11H2. The van der Waals surface area contributed by atoms with E-state index in [1.807, 2.05) is 18.0 Å². The van der Waals surface area contributed by atoms with E-state index in [1.54, 1.807) is 11.3 Å². The zero-order valence-corrected chi connectivity index (χ0v) is 14.0. The molecule has 0 spiro atoms. The summed E-state index contributed by atoms with van der Waals surface area (Å²) in [6, 6.07) is 4.20. The number of pyridine rings is 1. The molecule has 0 aliphatic carbocycles. The quantitative estimate of drug-likeness (QED) is 0.847. The van der Waals surface area contributed by atoms with E-state index in [9.17, 15) is 4.79 Å². The van der Waals surface area contributed by atoms with Crippen LogP contribution in [0.2, 0.25) is 0 Å². The van der Waals surface area contributed by atoms with E-state index in [0.29, 0.717) is 5.91 Å². The van der Waals surface area contributed by atoms with Crippen LogP contribution in [0.25, 0.3) is 10.1 Å². The van der Waals surface area contributed by atoms with E-state index < -0.39 is 0 Å². The minimum Gasteiger partial charge on any atom is -0.355 e. The molecule has 4 rings (SSSR count). The fourth-order valence-corrected chi connectivity index (χ4v) is 5.01. The number of carbonyl (C=O) groups is 1. The first-order valence-corrected chi connectivity index (χ1v) is 9.80. The smallest absolute Gasteiger partial charge is 0.227 e. The van der Waals surface area contributed by atoms with Crippen molar-refractivity contribution in [1.29, 1.82) is 0 Å². The van der Waals surface area contributed by atoms with Crippen LogP contribution in [-0.2, 0) is 4.79 Å². The summed E-state index contributed by atoms with van der Waals surface area (Å²) in [4.78, 5) is 21.6. The van der Waals surface area contributed by atoms with Crippen molar-refractivity contribution in [3.8, 4) is 0 Å². The molecule has 0 aromatic carbocycles. The minimum atomic E-state index is 0.138. The van der Waals surface area contributed by atoms with Crippen LogP contribution in [0.3, 0.4) is 0 Å². The van der Waals surface area contributed by atoms with Gasteiger partial charge in [0.1, 0.15) is 5.82 Å². The highest BCUT2D eigenvalue weighted by Gasteiger charge is 2.33. The molecule has 1 unspecified atom stereocenters. The average Bonchev–Trinajstić information content (AvgIpc) is 3.24. The molecule has 116 valence electrons. The Balaban J connectivity index is 1.50. The van der Waals surface area contributed by atoms with E-state index in [1.165, 1.54) is 10.1 Å². The molecule has 0 radical (unpaired) electrons. The van der Waals surface area contributed by atoms with Gasteiger partial charge >= 0.3 is 0 Å². The lowest BCUT2D eigenvalue weighted by Crippen LogP contribution is -2.42. The van der Waals surface area contributed by atoms with Gasteiger partial charge in [-0.1, -0.05) is 0 Å². The fraction of sp³-hybridized carbons (Fsp3) is 0.500. The number of anilines is 1. The van der Waals surface area contributed by atoms with Crippen molar-refractivity contribution in [2.75, 3.05) is 42.6 Å². The van der Waals surface area contributed by atoms with Crippen molar-refractivity contribution in [2.24, 2.45) is 5.92 Å². The number of fused-ring (bicyclic) bond motifs is 1. The summed E-state index contributed by atoms with van der Waals surface area (Å²) in [5, 5.41) is 3.33. The maximum atomic E-state index is 12.7. The molecule has 2 saturated heterocycles. The average molecular weight is 333 g/mol. The Kier molecular flexibility index (Phi) is 3.96. The third-order valence-electron chi connectivity index (χ3n) is 4.52. The van der Waals surface area contributed by atoms with E-state index in [-0.39, 0.29) is 5.92 Å². The molecule has 0 bridgehead atoms. The first-order valence-electron chi connectivity index (χ1n) is 7.76. The van der Waals surface area contributed by atoms with Crippen LogP contribution in [0, 0.1) is 5.92 Å². The van der Waals surface area contributed by atoms with Gasteiger partial charge in [-0.15, -0.1) is 11.3 Å². The van der Waals surface area contributed by atoms with Gasteiger partial charge in [-0.3, -0.25) is 4.79 Å². The second kappa shape index (κ2) is 6.08. The van der Waals surface area contributed by atoms with Crippen molar-refractivity contribution in [1.82, 2.24) is 9.88 Å². The van der Waals surface area contributed by atoms with Gasteiger partial charge in [0.05, 0.1) is 5.92 Å². The molecule has 1 atom stereocenters. The zero-order chi connectivity index (χ0) is 14.9. The SMILES string of the molecule is O=C(C1CCN(c2nccc3sccc23)C1)N1CCSCC1. The van der Waals surface area contributed by atoms with Crippen LogP contribution in [0.1, 0.15) is 6.42 Å². The Morgan fingerprint density at radius 2 is 2.09 bits per heavy atom. The fourth-order valence-electron chi connectivity index (χ4n) is 3.33. The van der Waals surface area contributed by atoms with Crippen LogP contribution >= 0.6 is 23.1 Å². The highest BCUT2D eigenvalue weighted by atomic mass is 32.2. The van der Waals surface area contributed by atoms with Gasteiger partial charge in [0.2, 0.25) is 5.91 Å². The topological polar surface area (TPSA) is 36.4 Å². The van der Waals surface area contributed by atoms with Gasteiger partial charge in [-0.2, -0.15) is 11.8 Å². The predicted octanol–water partition coefficient (Wildman–Crippen LogP) is 2.70. The Hall–Kier alpha value is -1.27. The molecule has 0 N–H and O–H groups in total. The lowest BCUT2D eigenvalue weighted by molar-refractivity contribution is -0.134. The van der Waals surface area contributed by atoms with Crippen LogP contribution in [0.15, 0.2) is 23.7 Å². The molecule has 2 aromatic heterocycles. The largest absolute Gasteiger partial charge is 0.355 e. The van der Waals surface area contributed by atoms with E-state index in [4.69, 9.17) is 0 Å². The van der Waals surface area contributed by atoms with Gasteiger partial charge in [-0.05, 0) is 23.9 Å². The van der Waals surface area contributed by atoms with E-state index in [2.05, 4.69) is 32.3 Å². The number of amides is 1. The molecular formula is C16H19N3OS2. The second-order valence-electron chi connectivity index (χ2n) is 5.84. The van der Waals surface area contributed by atoms with Gasteiger partial charge in [0.15, 0.2) is 0 Å². The monoisotopic (exact) mass is 333 g/mol. The molecule has 2 aromatic rings. The molecule has 0 saturated carbocycles. The number of carbonyl (C=O) groups excluding carboxylic acids is 1. The summed E-state index contributed by atoms with van der Waals surface area (Å²) >= 11 is 3.69. The number of nitrogens with zero attached hydrogens (tertiary/aromatic N) is 3. The number of thioether (sulfide) groups is 1. The molecular weight excluding hydrogens is 314 g/mol. The highest BCUT2D eigenvalue weighted by molar-refractivity contribution is 7.99. The summed E-state index contributed by atoms with van der Waals surface area (Å²) in [7, 11) is 0. The maximum Gasteiger partial charge on any atom is 0.227 e. The molecule has 4 heterocycles. The summed E-state index contributed by atoms with van der Waals surface area (Å²) in [5.41, 5.74) is 0. The molecule has 2 aliphatic rings. The number of aromatic nitrogens is 1. The molecule has 6 heteroatoms. The van der Waals surface area contributed by atoms with Crippen molar-refractivity contribution in [3.63, 3.8) is 0 Å². The Morgan fingerprint density at radius 3 is 2.95 bits per heavy atom. The summed E-state index contributed by atoms with van der Waals surface area (Å²) in [6.07, 6.45) is 2.83. The van der Waals surface area contributed by atoms with Crippen LogP contribution in [-0.4, -0.2) is 53.5 Å². The Bertz CT molecular complexity index is 681. The number of thiophene rings is 1. The first-order chi connectivity index (χ1) is 10.8. The second-order valence-corrected chi connectivity index (χ2v) is 8.01. The van der Waals surface area contributed by atoms with Crippen molar-refractivity contribution in [2.45, 2.75) is 6.42 Å². The lowest BCUT2D eigenvalue weighted by Gasteiger charge is -2.29.